The number of amides is 1. The smallest absolute Gasteiger partial charge is 0.409 e. The number of carbonyl (C=O) groups excluding carboxylic acids is 1. The highest BCUT2D eigenvalue weighted by Gasteiger charge is 2.28. The van der Waals surface area contributed by atoms with Crippen molar-refractivity contribution in [1.82, 2.24) is 14.1 Å². The topological polar surface area (TPSA) is 70.2 Å². The lowest BCUT2D eigenvalue weighted by atomic mass is 10.1. The highest BCUT2D eigenvalue weighted by atomic mass is 32.2. The Morgan fingerprint density at radius 2 is 1.88 bits per heavy atom. The number of nitrogens with zero attached hydrogens (tertiary/aromatic N) is 3. The molecule has 0 aliphatic carbocycles. The number of sulfonamides is 1. The van der Waals surface area contributed by atoms with E-state index in [-0.39, 0.29) is 18.2 Å². The zero-order valence-electron chi connectivity index (χ0n) is 17.3. The van der Waals surface area contributed by atoms with Crippen molar-refractivity contribution in [1.29, 1.82) is 0 Å². The van der Waals surface area contributed by atoms with Gasteiger partial charge in [-0.1, -0.05) is 6.92 Å². The first-order valence-corrected chi connectivity index (χ1v) is 11.5. The van der Waals surface area contributed by atoms with E-state index < -0.39 is 10.0 Å². The van der Waals surface area contributed by atoms with Crippen LogP contribution in [-0.2, 0) is 14.8 Å². The second-order valence-electron chi connectivity index (χ2n) is 7.60. The van der Waals surface area contributed by atoms with Gasteiger partial charge in [0.05, 0.1) is 12.4 Å². The van der Waals surface area contributed by atoms with Gasteiger partial charge in [0, 0.05) is 32.7 Å². The fraction of sp³-hybridized carbons (Fsp3) is 0.944. The molecule has 1 aliphatic heterocycles. The van der Waals surface area contributed by atoms with Crippen molar-refractivity contribution in [3.8, 4) is 0 Å². The molecule has 0 aromatic heterocycles. The van der Waals surface area contributed by atoms with Crippen LogP contribution in [0.3, 0.4) is 0 Å². The maximum absolute atomic E-state index is 11.9. The van der Waals surface area contributed by atoms with E-state index in [9.17, 15) is 13.2 Å². The lowest BCUT2D eigenvalue weighted by Gasteiger charge is -2.31. The first kappa shape index (κ1) is 23.2. The van der Waals surface area contributed by atoms with E-state index >= 15 is 0 Å². The Morgan fingerprint density at radius 3 is 2.42 bits per heavy atom. The third-order valence-corrected chi connectivity index (χ3v) is 6.55. The second kappa shape index (κ2) is 10.5. The van der Waals surface area contributed by atoms with Crippen LogP contribution in [0.1, 0.15) is 52.9 Å². The summed E-state index contributed by atoms with van der Waals surface area (Å²) in [4.78, 5) is 16.0. The van der Waals surface area contributed by atoms with E-state index in [2.05, 4.69) is 11.8 Å². The molecule has 26 heavy (non-hydrogen) atoms. The molecule has 2 unspecified atom stereocenters. The predicted molar refractivity (Wildman–Crippen MR) is 105 cm³/mol. The quantitative estimate of drug-likeness (QED) is 0.635. The van der Waals surface area contributed by atoms with Crippen molar-refractivity contribution < 1.29 is 17.9 Å². The average Bonchev–Trinajstić information content (AvgIpc) is 2.79. The summed E-state index contributed by atoms with van der Waals surface area (Å²) in [7, 11) is 0.311. The van der Waals surface area contributed by atoms with Gasteiger partial charge in [0.1, 0.15) is 0 Å². The van der Waals surface area contributed by atoms with Crippen LogP contribution in [0.25, 0.3) is 0 Å². The Kier molecular flexibility index (Phi) is 9.33. The Hall–Kier alpha value is -0.860. The molecule has 0 aromatic rings. The number of ether oxygens (including phenoxy) is 1. The molecule has 2 atom stereocenters. The Balaban J connectivity index is 2.56. The van der Waals surface area contributed by atoms with Crippen LogP contribution >= 0.6 is 0 Å². The van der Waals surface area contributed by atoms with Crippen molar-refractivity contribution in [2.24, 2.45) is 0 Å². The summed E-state index contributed by atoms with van der Waals surface area (Å²) in [5.41, 5.74) is 0. The average molecular weight is 392 g/mol. The predicted octanol–water partition coefficient (Wildman–Crippen LogP) is 2.38. The molecular formula is C18H37N3O4S. The van der Waals surface area contributed by atoms with Crippen LogP contribution in [0.5, 0.6) is 0 Å². The SMILES string of the molecule is CCC(CCN(C)C(=O)OC(C)C)N1CCCC(N(C)S(C)(=O)=O)CC1. The number of rotatable bonds is 8. The summed E-state index contributed by atoms with van der Waals surface area (Å²) >= 11 is 0. The minimum Gasteiger partial charge on any atom is -0.447 e. The van der Waals surface area contributed by atoms with Crippen molar-refractivity contribution in [3.63, 3.8) is 0 Å². The normalized spacial score (nSPS) is 20.8. The highest BCUT2D eigenvalue weighted by Crippen LogP contribution is 2.21. The summed E-state index contributed by atoms with van der Waals surface area (Å²) in [6.45, 7) is 8.40. The molecule has 1 amide bonds. The molecule has 0 bridgehead atoms. The number of carbonyl (C=O) groups is 1. The first-order chi connectivity index (χ1) is 12.1. The molecule has 8 heteroatoms. The molecule has 0 spiro atoms. The van der Waals surface area contributed by atoms with Gasteiger partial charge in [-0.05, 0) is 59.0 Å². The molecule has 1 heterocycles. The van der Waals surface area contributed by atoms with Crippen molar-refractivity contribution in [2.45, 2.75) is 71.1 Å². The maximum Gasteiger partial charge on any atom is 0.409 e. The highest BCUT2D eigenvalue weighted by molar-refractivity contribution is 7.88. The molecule has 1 rings (SSSR count). The third kappa shape index (κ3) is 7.40. The first-order valence-electron chi connectivity index (χ1n) is 9.65. The molecule has 7 nitrogen and oxygen atoms in total. The minimum atomic E-state index is -3.15. The number of hydrogen-bond donors (Lipinski definition) is 0. The van der Waals surface area contributed by atoms with Gasteiger partial charge in [-0.2, -0.15) is 0 Å². The van der Waals surface area contributed by atoms with Crippen molar-refractivity contribution >= 4 is 16.1 Å². The van der Waals surface area contributed by atoms with Gasteiger partial charge in [0.15, 0.2) is 0 Å². The van der Waals surface area contributed by atoms with E-state index in [1.54, 1.807) is 19.0 Å². The monoisotopic (exact) mass is 391 g/mol. The van der Waals surface area contributed by atoms with E-state index in [0.29, 0.717) is 12.6 Å². The fourth-order valence-corrected chi connectivity index (χ4v) is 4.22. The van der Waals surface area contributed by atoms with E-state index in [4.69, 9.17) is 4.74 Å². The van der Waals surface area contributed by atoms with Gasteiger partial charge in [-0.15, -0.1) is 0 Å². The number of hydrogen-bond acceptors (Lipinski definition) is 5. The second-order valence-corrected chi connectivity index (χ2v) is 9.65. The summed E-state index contributed by atoms with van der Waals surface area (Å²) in [5.74, 6) is 0. The zero-order chi connectivity index (χ0) is 19.9. The lowest BCUT2D eigenvalue weighted by molar-refractivity contribution is 0.0799. The van der Waals surface area contributed by atoms with Crippen LogP contribution in [0.15, 0.2) is 0 Å². The van der Waals surface area contributed by atoms with E-state index in [0.717, 1.165) is 45.2 Å². The molecule has 0 aromatic carbocycles. The largest absolute Gasteiger partial charge is 0.447 e. The van der Waals surface area contributed by atoms with Crippen molar-refractivity contribution in [3.05, 3.63) is 0 Å². The van der Waals surface area contributed by atoms with E-state index in [1.165, 1.54) is 10.6 Å². The van der Waals surface area contributed by atoms with Crippen LogP contribution in [0, 0.1) is 0 Å². The molecular weight excluding hydrogens is 354 g/mol. The standard InChI is InChI=1S/C18H37N3O4S/c1-7-16(10-13-19(4)18(22)25-15(2)3)21-12-8-9-17(11-14-21)20(5)26(6,23)24/h15-17H,7-14H2,1-6H3. The molecule has 1 fully saturated rings. The van der Waals surface area contributed by atoms with Gasteiger partial charge in [-0.3, -0.25) is 0 Å². The van der Waals surface area contributed by atoms with Gasteiger partial charge >= 0.3 is 6.09 Å². The summed E-state index contributed by atoms with van der Waals surface area (Å²) in [6.07, 6.45) is 5.54. The lowest BCUT2D eigenvalue weighted by Crippen LogP contribution is -2.40. The van der Waals surface area contributed by atoms with Crippen LogP contribution in [0.4, 0.5) is 4.79 Å². The molecule has 0 N–H and O–H groups in total. The summed E-state index contributed by atoms with van der Waals surface area (Å²) in [5, 5.41) is 0. The van der Waals surface area contributed by atoms with Gasteiger partial charge in [0.2, 0.25) is 10.0 Å². The van der Waals surface area contributed by atoms with Crippen molar-refractivity contribution in [2.75, 3.05) is 40.0 Å². The fourth-order valence-electron chi connectivity index (χ4n) is 3.47. The molecule has 1 saturated heterocycles. The Morgan fingerprint density at radius 1 is 1.23 bits per heavy atom. The third-order valence-electron chi connectivity index (χ3n) is 5.20. The maximum atomic E-state index is 11.9. The van der Waals surface area contributed by atoms with E-state index in [1.807, 2.05) is 13.8 Å². The number of likely N-dealkylation sites (tertiary alicyclic amines) is 1. The Bertz CT molecular complexity index is 539. The molecule has 1 aliphatic rings. The summed E-state index contributed by atoms with van der Waals surface area (Å²) < 4.78 is 30.3. The minimum absolute atomic E-state index is 0.0798. The van der Waals surface area contributed by atoms with Gasteiger partial charge < -0.3 is 14.5 Å². The molecule has 154 valence electrons. The van der Waals surface area contributed by atoms with Crippen LogP contribution < -0.4 is 0 Å². The van der Waals surface area contributed by atoms with Gasteiger partial charge in [-0.25, -0.2) is 17.5 Å². The summed E-state index contributed by atoms with van der Waals surface area (Å²) in [6, 6.07) is 0.475. The van der Waals surface area contributed by atoms with Crippen LogP contribution in [0.2, 0.25) is 0 Å². The molecule has 0 saturated carbocycles. The molecule has 0 radical (unpaired) electrons. The zero-order valence-corrected chi connectivity index (χ0v) is 18.1. The Labute approximate surface area is 159 Å². The van der Waals surface area contributed by atoms with Gasteiger partial charge in [0.25, 0.3) is 0 Å². The van der Waals surface area contributed by atoms with Crippen LogP contribution in [-0.4, -0.2) is 86.8 Å².